The second-order valence-electron chi connectivity index (χ2n) is 10.2. The van der Waals surface area contributed by atoms with E-state index in [1.165, 1.54) is 6.04 Å². The lowest BCUT2D eigenvalue weighted by Gasteiger charge is -2.31. The van der Waals surface area contributed by atoms with Crippen LogP contribution < -0.4 is 4.74 Å². The average molecular weight is 371 g/mol. The first-order chi connectivity index (χ1) is 12.0. The standard InChI is InChI=1S/C23H34O2Si/c1-22(2)20-12-13-23(22,3)21(24)19(20)16-17-8-10-18(11-9-17)25-14-7-15-26(4,5)6/h8-11,16,20H,7,12-15H2,1-6H3/b19-16+. The Balaban J connectivity index is 1.65. The Hall–Kier alpha value is -1.35. The van der Waals surface area contributed by atoms with Gasteiger partial charge in [-0.3, -0.25) is 4.79 Å². The zero-order valence-electron chi connectivity index (χ0n) is 17.3. The Kier molecular flexibility index (Phi) is 4.98. The highest BCUT2D eigenvalue weighted by Crippen LogP contribution is 2.65. The summed E-state index contributed by atoms with van der Waals surface area (Å²) in [7, 11) is -0.976. The van der Waals surface area contributed by atoms with Gasteiger partial charge in [-0.25, -0.2) is 0 Å². The molecule has 0 aromatic heterocycles. The number of hydrogen-bond donors (Lipinski definition) is 0. The molecule has 0 aliphatic heterocycles. The lowest BCUT2D eigenvalue weighted by molar-refractivity contribution is -0.125. The normalized spacial score (nSPS) is 28.8. The molecule has 2 saturated carbocycles. The number of hydrogen-bond acceptors (Lipinski definition) is 2. The monoisotopic (exact) mass is 370 g/mol. The molecule has 0 N–H and O–H groups in total. The molecule has 26 heavy (non-hydrogen) atoms. The molecule has 2 aliphatic rings. The number of carbonyl (C=O) groups excluding carboxylic acids is 1. The quantitative estimate of drug-likeness (QED) is 0.338. The molecule has 0 heterocycles. The first-order valence-electron chi connectivity index (χ1n) is 10.0. The highest BCUT2D eigenvalue weighted by molar-refractivity contribution is 6.76. The molecular formula is C23H34O2Si. The molecule has 2 atom stereocenters. The molecule has 0 saturated heterocycles. The van der Waals surface area contributed by atoms with Crippen molar-refractivity contribution < 1.29 is 9.53 Å². The van der Waals surface area contributed by atoms with Gasteiger partial charge in [0.15, 0.2) is 5.78 Å². The molecule has 142 valence electrons. The van der Waals surface area contributed by atoms with E-state index in [2.05, 4.69) is 58.6 Å². The maximum atomic E-state index is 12.9. The molecule has 0 radical (unpaired) electrons. The van der Waals surface area contributed by atoms with Crippen molar-refractivity contribution in [2.45, 2.75) is 65.7 Å². The van der Waals surface area contributed by atoms with Gasteiger partial charge >= 0.3 is 0 Å². The minimum absolute atomic E-state index is 0.0787. The number of carbonyl (C=O) groups is 1. The number of fused-ring (bicyclic) bond motifs is 2. The summed E-state index contributed by atoms with van der Waals surface area (Å²) < 4.78 is 5.88. The van der Waals surface area contributed by atoms with Crippen molar-refractivity contribution in [3.05, 3.63) is 35.4 Å². The number of Topliss-reactive ketones (excluding diaryl/α,β-unsaturated/α-hetero) is 1. The smallest absolute Gasteiger partial charge is 0.165 e. The van der Waals surface area contributed by atoms with Gasteiger partial charge in [0.25, 0.3) is 0 Å². The second-order valence-corrected chi connectivity index (χ2v) is 15.8. The minimum Gasteiger partial charge on any atom is -0.494 e. The van der Waals surface area contributed by atoms with Crippen molar-refractivity contribution in [3.8, 4) is 5.75 Å². The summed E-state index contributed by atoms with van der Waals surface area (Å²) in [6, 6.07) is 9.52. The fraction of sp³-hybridized carbons (Fsp3) is 0.609. The van der Waals surface area contributed by atoms with Gasteiger partial charge in [0.2, 0.25) is 0 Å². The van der Waals surface area contributed by atoms with Crippen LogP contribution in [0.3, 0.4) is 0 Å². The van der Waals surface area contributed by atoms with Gasteiger partial charge in [0, 0.05) is 13.5 Å². The summed E-state index contributed by atoms with van der Waals surface area (Å²) in [5.74, 6) is 1.69. The number of rotatable bonds is 6. The summed E-state index contributed by atoms with van der Waals surface area (Å²) in [4.78, 5) is 12.9. The predicted octanol–water partition coefficient (Wildman–Crippen LogP) is 6.20. The van der Waals surface area contributed by atoms with Crippen LogP contribution in [-0.2, 0) is 4.79 Å². The fourth-order valence-corrected chi connectivity index (χ4v) is 5.93. The summed E-state index contributed by atoms with van der Waals surface area (Å²) in [6.45, 7) is 14.7. The average Bonchev–Trinajstić information content (AvgIpc) is 2.86. The van der Waals surface area contributed by atoms with Crippen LogP contribution in [-0.4, -0.2) is 20.5 Å². The maximum absolute atomic E-state index is 12.9. The lowest BCUT2D eigenvalue weighted by atomic mass is 9.70. The molecule has 1 aromatic carbocycles. The third-order valence-corrected chi connectivity index (χ3v) is 8.76. The van der Waals surface area contributed by atoms with E-state index in [1.54, 1.807) is 0 Å². The van der Waals surface area contributed by atoms with Crippen LogP contribution in [0.4, 0.5) is 0 Å². The van der Waals surface area contributed by atoms with E-state index in [9.17, 15) is 4.79 Å². The first kappa shape index (κ1) is 19.4. The topological polar surface area (TPSA) is 26.3 Å². The largest absolute Gasteiger partial charge is 0.494 e. The van der Waals surface area contributed by atoms with E-state index in [4.69, 9.17) is 4.74 Å². The van der Waals surface area contributed by atoms with Crippen LogP contribution in [0, 0.1) is 16.7 Å². The van der Waals surface area contributed by atoms with Gasteiger partial charge < -0.3 is 4.74 Å². The van der Waals surface area contributed by atoms with E-state index in [0.29, 0.717) is 11.7 Å². The molecule has 3 rings (SSSR count). The van der Waals surface area contributed by atoms with E-state index >= 15 is 0 Å². The predicted molar refractivity (Wildman–Crippen MR) is 112 cm³/mol. The van der Waals surface area contributed by atoms with E-state index in [1.807, 2.05) is 12.1 Å². The number of ketones is 1. The van der Waals surface area contributed by atoms with Gasteiger partial charge in [0.1, 0.15) is 5.75 Å². The number of allylic oxidation sites excluding steroid dienone is 1. The van der Waals surface area contributed by atoms with Crippen LogP contribution in [0.15, 0.2) is 29.8 Å². The third kappa shape index (κ3) is 3.43. The van der Waals surface area contributed by atoms with Crippen LogP contribution in [0.25, 0.3) is 6.08 Å². The SMILES string of the molecule is CC12CCC(/C(=C\c3ccc(OCCC[Si](C)(C)C)cc3)C1=O)C2(C)C. The summed E-state index contributed by atoms with van der Waals surface area (Å²) >= 11 is 0. The Morgan fingerprint density at radius 2 is 1.81 bits per heavy atom. The summed E-state index contributed by atoms with van der Waals surface area (Å²) in [5.41, 5.74) is 2.04. The van der Waals surface area contributed by atoms with Gasteiger partial charge in [-0.05, 0) is 59.9 Å². The third-order valence-electron chi connectivity index (χ3n) is 6.91. The van der Waals surface area contributed by atoms with Crippen LogP contribution in [0.1, 0.15) is 45.6 Å². The number of ether oxygens (including phenoxy) is 1. The lowest BCUT2D eigenvalue weighted by Crippen LogP contribution is -2.32. The first-order valence-corrected chi connectivity index (χ1v) is 13.7. The van der Waals surface area contributed by atoms with Crippen LogP contribution in [0.2, 0.25) is 25.7 Å². The number of benzene rings is 1. The maximum Gasteiger partial charge on any atom is 0.165 e. The van der Waals surface area contributed by atoms with Gasteiger partial charge in [0.05, 0.1) is 6.61 Å². The molecule has 2 nitrogen and oxygen atoms in total. The van der Waals surface area contributed by atoms with Crippen LogP contribution in [0.5, 0.6) is 5.75 Å². The summed E-state index contributed by atoms with van der Waals surface area (Å²) in [6.07, 6.45) is 5.42. The Bertz CT molecular complexity index is 709. The fourth-order valence-electron chi connectivity index (χ4n) is 4.73. The zero-order chi connectivity index (χ0) is 19.2. The Morgan fingerprint density at radius 3 is 2.35 bits per heavy atom. The Labute approximate surface area is 160 Å². The van der Waals surface area contributed by atoms with Crippen molar-refractivity contribution in [2.75, 3.05) is 6.61 Å². The van der Waals surface area contributed by atoms with Crippen molar-refractivity contribution >= 4 is 19.9 Å². The van der Waals surface area contributed by atoms with Crippen molar-refractivity contribution in [1.82, 2.24) is 0 Å². The molecule has 2 bridgehead atoms. The zero-order valence-corrected chi connectivity index (χ0v) is 18.3. The van der Waals surface area contributed by atoms with E-state index in [0.717, 1.165) is 42.8 Å². The molecule has 2 aliphatic carbocycles. The van der Waals surface area contributed by atoms with Gasteiger partial charge in [-0.1, -0.05) is 58.6 Å². The Morgan fingerprint density at radius 1 is 1.15 bits per heavy atom. The van der Waals surface area contributed by atoms with Crippen molar-refractivity contribution in [3.63, 3.8) is 0 Å². The van der Waals surface area contributed by atoms with E-state index < -0.39 is 8.07 Å². The molecule has 0 amide bonds. The summed E-state index contributed by atoms with van der Waals surface area (Å²) in [5, 5.41) is 0. The molecule has 2 unspecified atom stereocenters. The highest BCUT2D eigenvalue weighted by Gasteiger charge is 2.63. The second kappa shape index (κ2) is 6.67. The minimum atomic E-state index is -0.976. The molecule has 0 spiro atoms. The molecule has 3 heteroatoms. The van der Waals surface area contributed by atoms with Crippen molar-refractivity contribution in [2.24, 2.45) is 16.7 Å². The van der Waals surface area contributed by atoms with E-state index in [-0.39, 0.29) is 10.8 Å². The van der Waals surface area contributed by atoms with Gasteiger partial charge in [-0.2, -0.15) is 0 Å². The molecule has 1 aromatic rings. The highest BCUT2D eigenvalue weighted by atomic mass is 28.3. The molecular weight excluding hydrogens is 336 g/mol. The molecule has 2 fully saturated rings. The van der Waals surface area contributed by atoms with Gasteiger partial charge in [-0.15, -0.1) is 0 Å². The van der Waals surface area contributed by atoms with Crippen LogP contribution >= 0.6 is 0 Å². The van der Waals surface area contributed by atoms with Crippen molar-refractivity contribution in [1.29, 1.82) is 0 Å².